The van der Waals surface area contributed by atoms with Crippen LogP contribution in [0.3, 0.4) is 0 Å². The van der Waals surface area contributed by atoms with Crippen molar-refractivity contribution in [3.05, 3.63) is 12.2 Å². The molecule has 8 heteroatoms. The van der Waals surface area contributed by atoms with Crippen molar-refractivity contribution in [3.8, 4) is 0 Å². The van der Waals surface area contributed by atoms with Crippen LogP contribution in [-0.4, -0.2) is 51.0 Å². The molecule has 0 fully saturated rings. The van der Waals surface area contributed by atoms with Crippen LogP contribution in [0.15, 0.2) is 12.2 Å². The highest BCUT2D eigenvalue weighted by Gasteiger charge is 2.39. The first kappa shape index (κ1) is 23.7. The molecule has 0 aliphatic carbocycles. The topological polar surface area (TPSA) is 54.0 Å². The summed E-state index contributed by atoms with van der Waals surface area (Å²) in [5.41, 5.74) is 0.355. The molecule has 0 aliphatic rings. The van der Waals surface area contributed by atoms with Crippen molar-refractivity contribution >= 4 is 31.2 Å². The fourth-order valence-electron chi connectivity index (χ4n) is 2.40. The Morgan fingerprint density at radius 2 is 1.46 bits per heavy atom. The van der Waals surface area contributed by atoms with E-state index in [1.807, 2.05) is 0 Å². The Labute approximate surface area is 151 Å². The molecule has 24 heavy (non-hydrogen) atoms. The Morgan fingerprint density at radius 1 is 0.958 bits per heavy atom. The zero-order valence-electron chi connectivity index (χ0n) is 16.8. The van der Waals surface area contributed by atoms with Gasteiger partial charge in [0.2, 0.25) is 0 Å². The Morgan fingerprint density at radius 3 is 1.88 bits per heavy atom. The van der Waals surface area contributed by atoms with E-state index in [4.69, 9.17) is 17.7 Å². The summed E-state index contributed by atoms with van der Waals surface area (Å²) in [6.07, 6.45) is 0.855. The van der Waals surface area contributed by atoms with Gasteiger partial charge in [-0.05, 0) is 65.2 Å². The number of ether oxygens (including phenoxy) is 2. The average molecular weight is 393 g/mol. The fraction of sp³-hybridized carbons (Fsp3) is 0.812. The summed E-state index contributed by atoms with van der Waals surface area (Å²) in [6, 6.07) is 0.896. The van der Waals surface area contributed by atoms with E-state index >= 15 is 0 Å². The molecular formula is C16H36O5Si3. The minimum atomic E-state index is -2.20. The number of carbonyl (C=O) groups excluding carboxylic acids is 1. The second-order valence-electron chi connectivity index (χ2n) is 8.04. The maximum absolute atomic E-state index is 11.5. The van der Waals surface area contributed by atoms with Gasteiger partial charge in [0.15, 0.2) is 16.6 Å². The highest BCUT2D eigenvalue weighted by atomic mass is 28.5. The van der Waals surface area contributed by atoms with Gasteiger partial charge in [0.1, 0.15) is 0 Å². The number of rotatable bonds is 12. The SMILES string of the molecule is C=C(COCCC[Si](C)(O[Si](C)(C)C)O[Si](C)(C)C)C(=O)OCC. The smallest absolute Gasteiger partial charge is 0.335 e. The van der Waals surface area contributed by atoms with Crippen LogP contribution in [0, 0.1) is 0 Å². The predicted octanol–water partition coefficient (Wildman–Crippen LogP) is 4.29. The summed E-state index contributed by atoms with van der Waals surface area (Å²) in [4.78, 5) is 11.5. The molecule has 0 aromatic rings. The van der Waals surface area contributed by atoms with E-state index < -0.39 is 25.2 Å². The van der Waals surface area contributed by atoms with Crippen LogP contribution in [0.5, 0.6) is 0 Å². The summed E-state index contributed by atoms with van der Waals surface area (Å²) in [5, 5.41) is 0. The van der Waals surface area contributed by atoms with Crippen molar-refractivity contribution in [2.24, 2.45) is 0 Å². The highest BCUT2D eigenvalue weighted by molar-refractivity contribution is 6.87. The minimum absolute atomic E-state index is 0.209. The van der Waals surface area contributed by atoms with Gasteiger partial charge in [-0.2, -0.15) is 0 Å². The second kappa shape index (κ2) is 10.0. The third kappa shape index (κ3) is 12.2. The molecule has 0 amide bonds. The Bertz CT molecular complexity index is 397. The number of hydrogen-bond acceptors (Lipinski definition) is 5. The largest absolute Gasteiger partial charge is 0.463 e. The number of esters is 1. The normalized spacial score (nSPS) is 13.0. The molecule has 142 valence electrons. The molecule has 0 bridgehead atoms. The molecule has 0 saturated heterocycles. The van der Waals surface area contributed by atoms with Gasteiger partial charge in [-0.3, -0.25) is 0 Å². The van der Waals surface area contributed by atoms with Gasteiger partial charge in [0, 0.05) is 6.61 Å². The van der Waals surface area contributed by atoms with E-state index in [1.165, 1.54) is 0 Å². The molecule has 0 aliphatic heterocycles. The van der Waals surface area contributed by atoms with Gasteiger partial charge in [-0.25, -0.2) is 4.79 Å². The third-order valence-corrected chi connectivity index (χ3v) is 12.4. The molecular weight excluding hydrogens is 356 g/mol. The van der Waals surface area contributed by atoms with E-state index in [9.17, 15) is 4.79 Å². The molecule has 0 rings (SSSR count). The zero-order valence-corrected chi connectivity index (χ0v) is 19.8. The average Bonchev–Trinajstić information content (AvgIpc) is 2.33. The van der Waals surface area contributed by atoms with Crippen molar-refractivity contribution in [2.45, 2.75) is 65.2 Å². The molecule has 0 saturated carbocycles. The van der Waals surface area contributed by atoms with Crippen LogP contribution >= 0.6 is 0 Å². The molecule has 0 atom stereocenters. The molecule has 0 aromatic carbocycles. The van der Waals surface area contributed by atoms with Crippen molar-refractivity contribution in [3.63, 3.8) is 0 Å². The fourth-order valence-corrected chi connectivity index (χ4v) is 14.9. The third-order valence-electron chi connectivity index (χ3n) is 2.80. The summed E-state index contributed by atoms with van der Waals surface area (Å²) in [5.74, 6) is -0.388. The minimum Gasteiger partial charge on any atom is -0.463 e. The van der Waals surface area contributed by atoms with Crippen LogP contribution in [0.25, 0.3) is 0 Å². The molecule has 0 heterocycles. The Kier molecular flexibility index (Phi) is 9.92. The summed E-state index contributed by atoms with van der Waals surface area (Å²) >= 11 is 0. The van der Waals surface area contributed by atoms with Gasteiger partial charge >= 0.3 is 14.5 Å². The highest BCUT2D eigenvalue weighted by Crippen LogP contribution is 2.25. The van der Waals surface area contributed by atoms with Gasteiger partial charge < -0.3 is 17.7 Å². The second-order valence-corrected chi connectivity index (χ2v) is 20.9. The molecule has 0 spiro atoms. The first-order valence-corrected chi connectivity index (χ1v) is 17.9. The van der Waals surface area contributed by atoms with Crippen molar-refractivity contribution in [2.75, 3.05) is 19.8 Å². The van der Waals surface area contributed by atoms with E-state index in [-0.39, 0.29) is 12.6 Å². The van der Waals surface area contributed by atoms with Crippen LogP contribution in [0.4, 0.5) is 0 Å². The van der Waals surface area contributed by atoms with Crippen LogP contribution in [-0.2, 0) is 22.5 Å². The van der Waals surface area contributed by atoms with Crippen LogP contribution in [0.2, 0.25) is 51.9 Å². The zero-order chi connectivity index (χ0) is 19.0. The van der Waals surface area contributed by atoms with Crippen LogP contribution in [0.1, 0.15) is 13.3 Å². The lowest BCUT2D eigenvalue weighted by Crippen LogP contribution is -2.52. The Hall–Kier alpha value is -0.259. The van der Waals surface area contributed by atoms with Gasteiger partial charge in [-0.15, -0.1) is 0 Å². The molecule has 5 nitrogen and oxygen atoms in total. The van der Waals surface area contributed by atoms with E-state index in [0.29, 0.717) is 18.8 Å². The van der Waals surface area contributed by atoms with E-state index in [2.05, 4.69) is 52.4 Å². The lowest BCUT2D eigenvalue weighted by atomic mass is 10.3. The molecule has 0 unspecified atom stereocenters. The van der Waals surface area contributed by atoms with Gasteiger partial charge in [-0.1, -0.05) is 6.58 Å². The van der Waals surface area contributed by atoms with Crippen molar-refractivity contribution < 1.29 is 22.5 Å². The van der Waals surface area contributed by atoms with Crippen molar-refractivity contribution in [1.82, 2.24) is 0 Å². The quantitative estimate of drug-likeness (QED) is 0.215. The monoisotopic (exact) mass is 392 g/mol. The summed E-state index contributed by atoms with van der Waals surface area (Å²) in [6.45, 7) is 21.9. The number of carbonyl (C=O) groups is 1. The van der Waals surface area contributed by atoms with E-state index in [1.54, 1.807) is 6.92 Å². The van der Waals surface area contributed by atoms with Crippen LogP contribution < -0.4 is 0 Å². The molecule has 0 aromatic heterocycles. The first-order chi connectivity index (χ1) is 10.8. The standard InChI is InChI=1S/C16H36O5Si3/c1-10-19-16(17)15(2)14-18-12-11-13-24(9,20-22(3,4)5)21-23(6,7)8/h2,10-14H2,1,3-9H3. The van der Waals surface area contributed by atoms with E-state index in [0.717, 1.165) is 12.5 Å². The lowest BCUT2D eigenvalue weighted by Gasteiger charge is -2.38. The van der Waals surface area contributed by atoms with Gasteiger partial charge in [0.05, 0.1) is 18.8 Å². The van der Waals surface area contributed by atoms with Crippen molar-refractivity contribution in [1.29, 1.82) is 0 Å². The maximum Gasteiger partial charge on any atom is 0.335 e. The predicted molar refractivity (Wildman–Crippen MR) is 106 cm³/mol. The maximum atomic E-state index is 11.5. The van der Waals surface area contributed by atoms with Gasteiger partial charge in [0.25, 0.3) is 0 Å². The number of hydrogen-bond donors (Lipinski definition) is 0. The Balaban J connectivity index is 4.38. The molecule has 0 N–H and O–H groups in total. The first-order valence-electron chi connectivity index (χ1n) is 8.61. The lowest BCUT2D eigenvalue weighted by molar-refractivity contribution is -0.139. The summed E-state index contributed by atoms with van der Waals surface area (Å²) in [7, 11) is -5.52. The summed E-state index contributed by atoms with van der Waals surface area (Å²) < 4.78 is 23.3. The molecule has 0 radical (unpaired) electrons.